The molecule has 59 heavy (non-hydrogen) atoms. The summed E-state index contributed by atoms with van der Waals surface area (Å²) >= 11 is 1.94. The van der Waals surface area contributed by atoms with E-state index in [4.69, 9.17) is 18.9 Å². The number of hydrogen-bond acceptors (Lipinski definition) is 5. The maximum absolute atomic E-state index is 5.85. The highest BCUT2D eigenvalue weighted by Gasteiger charge is 2.50. The van der Waals surface area contributed by atoms with Gasteiger partial charge in [0, 0.05) is 12.1 Å². The van der Waals surface area contributed by atoms with E-state index in [0.29, 0.717) is 0 Å². The Balaban J connectivity index is 1.55. The lowest BCUT2D eigenvalue weighted by atomic mass is 9.79. The normalized spacial score (nSPS) is 11.5. The summed E-state index contributed by atoms with van der Waals surface area (Å²) in [6.07, 6.45) is 0. The fraction of sp³-hybridized carbons (Fsp3) is 0.111. The second-order valence-electron chi connectivity index (χ2n) is 14.2. The molecule has 0 saturated heterocycles. The maximum atomic E-state index is 5.85. The molecular weight excluding hydrogens is 745 g/mol. The lowest BCUT2D eigenvalue weighted by Crippen LogP contribution is -2.36. The second kappa shape index (κ2) is 17.4. The van der Waals surface area contributed by atoms with Crippen molar-refractivity contribution in [2.75, 3.05) is 28.4 Å². The Morgan fingerprint density at radius 3 is 0.831 bits per heavy atom. The molecule has 0 amide bonds. The molecule has 0 aliphatic heterocycles. The average molecular weight is 791 g/mol. The molecule has 8 rings (SSSR count). The predicted octanol–water partition coefficient (Wildman–Crippen LogP) is 13.1. The molecule has 8 aromatic rings. The van der Waals surface area contributed by atoms with Gasteiger partial charge in [0.1, 0.15) is 23.0 Å². The summed E-state index contributed by atoms with van der Waals surface area (Å²) < 4.78 is 21.7. The van der Waals surface area contributed by atoms with Crippen molar-refractivity contribution in [1.82, 2.24) is 0 Å². The van der Waals surface area contributed by atoms with Crippen LogP contribution in [0.1, 0.15) is 33.4 Å². The zero-order valence-electron chi connectivity index (χ0n) is 33.7. The van der Waals surface area contributed by atoms with Gasteiger partial charge in [-0.15, -0.1) is 11.8 Å². The molecule has 0 atom stereocenters. The Bertz CT molecular complexity index is 2320. The van der Waals surface area contributed by atoms with Crippen LogP contribution >= 0.6 is 11.8 Å². The van der Waals surface area contributed by atoms with Gasteiger partial charge in [0.15, 0.2) is 0 Å². The topological polar surface area (TPSA) is 36.9 Å². The standard InChI is InChI=1S/C54H46O4S/c1-55-45-33-39(34-46(37-45)56-2)49-29-17-19-31-51(49)53(41-21-9-5-10-22-41,42-23-11-6-12-24-42)59-54(43-25-13-7-14-26-43,44-27-15-8-16-28-44)52-32-20-18-30-50(52)40-35-47(57-3)38-48(36-40)58-4/h5-38H,1-4H3. The number of ether oxygens (including phenoxy) is 4. The smallest absolute Gasteiger partial charge is 0.123 e. The molecule has 0 radical (unpaired) electrons. The molecule has 8 aromatic carbocycles. The Kier molecular flexibility index (Phi) is 11.6. The Morgan fingerprint density at radius 2 is 0.559 bits per heavy atom. The molecule has 0 unspecified atom stereocenters. The van der Waals surface area contributed by atoms with Crippen molar-refractivity contribution in [1.29, 1.82) is 0 Å². The van der Waals surface area contributed by atoms with E-state index in [0.717, 1.165) is 78.6 Å². The van der Waals surface area contributed by atoms with Crippen LogP contribution < -0.4 is 18.9 Å². The van der Waals surface area contributed by atoms with E-state index in [1.165, 1.54) is 0 Å². The van der Waals surface area contributed by atoms with Gasteiger partial charge in [-0.25, -0.2) is 0 Å². The van der Waals surface area contributed by atoms with Crippen molar-refractivity contribution in [3.63, 3.8) is 0 Å². The first kappa shape index (κ1) is 39.2. The van der Waals surface area contributed by atoms with Crippen LogP contribution in [0.3, 0.4) is 0 Å². The van der Waals surface area contributed by atoms with Crippen LogP contribution in [0, 0.1) is 0 Å². The Labute approximate surface area is 352 Å². The van der Waals surface area contributed by atoms with Crippen LogP contribution in [-0.4, -0.2) is 28.4 Å². The van der Waals surface area contributed by atoms with Gasteiger partial charge in [-0.05, 0) is 79.9 Å². The summed E-state index contributed by atoms with van der Waals surface area (Å²) in [5.41, 5.74) is 10.9. The molecule has 0 bridgehead atoms. The summed E-state index contributed by atoms with van der Waals surface area (Å²) in [5.74, 6) is 2.88. The highest BCUT2D eigenvalue weighted by molar-refractivity contribution is 8.02. The first-order valence-electron chi connectivity index (χ1n) is 19.6. The highest BCUT2D eigenvalue weighted by atomic mass is 32.2. The number of rotatable bonds is 14. The van der Waals surface area contributed by atoms with E-state index < -0.39 is 9.49 Å². The number of thioether (sulfide) groups is 1. The van der Waals surface area contributed by atoms with Crippen molar-refractivity contribution >= 4 is 11.8 Å². The third kappa shape index (κ3) is 7.46. The summed E-state index contributed by atoms with van der Waals surface area (Å²) in [7, 11) is 6.79. The quantitative estimate of drug-likeness (QED) is 0.103. The van der Waals surface area contributed by atoms with Gasteiger partial charge in [0.2, 0.25) is 0 Å². The van der Waals surface area contributed by atoms with Gasteiger partial charge in [-0.3, -0.25) is 0 Å². The third-order valence-electron chi connectivity index (χ3n) is 11.0. The van der Waals surface area contributed by atoms with Crippen molar-refractivity contribution in [3.8, 4) is 45.3 Å². The van der Waals surface area contributed by atoms with E-state index in [2.05, 4.69) is 194 Å². The molecule has 4 nitrogen and oxygen atoms in total. The number of methoxy groups -OCH3 is 4. The van der Waals surface area contributed by atoms with Gasteiger partial charge in [0.05, 0.1) is 37.9 Å². The van der Waals surface area contributed by atoms with Crippen LogP contribution in [0.4, 0.5) is 0 Å². The van der Waals surface area contributed by atoms with E-state index >= 15 is 0 Å². The predicted molar refractivity (Wildman–Crippen MR) is 243 cm³/mol. The van der Waals surface area contributed by atoms with Crippen LogP contribution in [-0.2, 0) is 9.49 Å². The first-order valence-corrected chi connectivity index (χ1v) is 20.4. The molecular formula is C54H46O4S. The van der Waals surface area contributed by atoms with Crippen molar-refractivity contribution in [3.05, 3.63) is 240 Å². The highest BCUT2D eigenvalue weighted by Crippen LogP contribution is 2.63. The molecule has 0 aromatic heterocycles. The van der Waals surface area contributed by atoms with Crippen LogP contribution in [0.5, 0.6) is 23.0 Å². The summed E-state index contributed by atoms with van der Waals surface area (Å²) in [6.45, 7) is 0. The van der Waals surface area contributed by atoms with Gasteiger partial charge in [-0.1, -0.05) is 170 Å². The lowest BCUT2D eigenvalue weighted by molar-refractivity contribution is 0.394. The van der Waals surface area contributed by atoms with E-state index in [-0.39, 0.29) is 0 Å². The fourth-order valence-corrected chi connectivity index (χ4v) is 10.3. The molecule has 0 spiro atoms. The third-order valence-corrected chi connectivity index (χ3v) is 13.0. The summed E-state index contributed by atoms with van der Waals surface area (Å²) in [6, 6.07) is 73.4. The van der Waals surface area contributed by atoms with Crippen molar-refractivity contribution < 1.29 is 18.9 Å². The molecule has 0 heterocycles. The van der Waals surface area contributed by atoms with E-state index in [1.807, 2.05) is 23.9 Å². The van der Waals surface area contributed by atoms with E-state index in [1.54, 1.807) is 28.4 Å². The Hall–Kier alpha value is -6.69. The van der Waals surface area contributed by atoms with Crippen molar-refractivity contribution in [2.45, 2.75) is 9.49 Å². The molecule has 0 fully saturated rings. The van der Waals surface area contributed by atoms with Crippen molar-refractivity contribution in [2.24, 2.45) is 0 Å². The molecule has 0 aliphatic rings. The number of benzene rings is 8. The molecule has 0 aliphatic carbocycles. The van der Waals surface area contributed by atoms with Crippen LogP contribution in [0.15, 0.2) is 206 Å². The van der Waals surface area contributed by atoms with Gasteiger partial charge >= 0.3 is 0 Å². The summed E-state index contributed by atoms with van der Waals surface area (Å²) in [4.78, 5) is 0. The van der Waals surface area contributed by atoms with Gasteiger partial charge in [-0.2, -0.15) is 0 Å². The van der Waals surface area contributed by atoms with E-state index in [9.17, 15) is 0 Å². The second-order valence-corrected chi connectivity index (χ2v) is 15.7. The zero-order chi connectivity index (χ0) is 40.7. The largest absolute Gasteiger partial charge is 0.497 e. The molecule has 5 heteroatoms. The zero-order valence-corrected chi connectivity index (χ0v) is 34.5. The monoisotopic (exact) mass is 790 g/mol. The molecule has 0 N–H and O–H groups in total. The Morgan fingerprint density at radius 1 is 0.305 bits per heavy atom. The minimum absolute atomic E-state index is 0.720. The summed E-state index contributed by atoms with van der Waals surface area (Å²) in [5, 5.41) is 0. The maximum Gasteiger partial charge on any atom is 0.123 e. The molecule has 0 saturated carbocycles. The van der Waals surface area contributed by atoms with Gasteiger partial charge in [0.25, 0.3) is 0 Å². The van der Waals surface area contributed by atoms with Crippen LogP contribution in [0.25, 0.3) is 22.3 Å². The van der Waals surface area contributed by atoms with Crippen LogP contribution in [0.2, 0.25) is 0 Å². The number of hydrogen-bond donors (Lipinski definition) is 0. The minimum Gasteiger partial charge on any atom is -0.497 e. The SMILES string of the molecule is COc1cc(OC)cc(-c2ccccc2C(SC(c2ccccc2)(c2ccccc2)c2ccccc2-c2cc(OC)cc(OC)c2)(c2ccccc2)c2ccccc2)c1. The average Bonchev–Trinajstić information content (AvgIpc) is 3.33. The molecule has 292 valence electrons. The first-order chi connectivity index (χ1) is 29.0. The minimum atomic E-state index is -0.833. The fourth-order valence-electron chi connectivity index (χ4n) is 8.23. The lowest BCUT2D eigenvalue weighted by Gasteiger charge is -2.46. The van der Waals surface area contributed by atoms with Gasteiger partial charge < -0.3 is 18.9 Å².